The second-order valence-corrected chi connectivity index (χ2v) is 13.6. The summed E-state index contributed by atoms with van der Waals surface area (Å²) in [6.07, 6.45) is 2.26. The summed E-state index contributed by atoms with van der Waals surface area (Å²) in [7, 11) is -3.96. The monoisotopic (exact) mass is 570 g/mol. The molecule has 5 N–H and O–H groups in total. The van der Waals surface area contributed by atoms with Crippen LogP contribution in [0.2, 0.25) is 0 Å². The highest BCUT2D eigenvalue weighted by molar-refractivity contribution is 7.91. The number of carboxylic acid groups (broad SMARTS) is 1. The average Bonchev–Trinajstić information content (AvgIpc) is 3.73. The lowest BCUT2D eigenvalue weighted by Crippen LogP contribution is -2.60. The van der Waals surface area contributed by atoms with E-state index in [1.165, 1.54) is 0 Å². The van der Waals surface area contributed by atoms with E-state index in [4.69, 9.17) is 4.74 Å². The number of fused-ring (bicyclic) bond motifs is 2. The van der Waals surface area contributed by atoms with E-state index in [2.05, 4.69) is 15.4 Å². The van der Waals surface area contributed by atoms with Crippen LogP contribution in [0, 0.1) is 5.92 Å². The van der Waals surface area contributed by atoms with Crippen LogP contribution >= 0.6 is 0 Å². The number of allylic oxidation sites excluding steroid dienone is 1. The number of hydrogen-bond donors (Lipinski definition) is 5. The number of nitrogens with one attached hydrogen (secondary N) is 3. The van der Waals surface area contributed by atoms with Crippen LogP contribution in [0.1, 0.15) is 65.7 Å². The summed E-state index contributed by atoms with van der Waals surface area (Å²) < 4.78 is 32.7. The molecule has 14 heteroatoms. The van der Waals surface area contributed by atoms with Crippen LogP contribution in [0.25, 0.3) is 0 Å². The molecule has 0 aromatic rings. The van der Waals surface area contributed by atoms with Crippen molar-refractivity contribution >= 4 is 33.8 Å². The highest BCUT2D eigenvalue weighted by atomic mass is 32.2. The highest BCUT2D eigenvalue weighted by Gasteiger charge is 2.63. The normalized spacial score (nSPS) is 37.3. The molecule has 2 aliphatic carbocycles. The summed E-state index contributed by atoms with van der Waals surface area (Å²) >= 11 is 0. The third-order valence-electron chi connectivity index (χ3n) is 8.30. The fourth-order valence-corrected chi connectivity index (χ4v) is 6.68. The molecule has 3 fully saturated rings. The SMILES string of the molecule is CC[C@@H]1O[C@H](C)CC/C=C\[C@@H]2C[C@@]2(C(=O)NS(=O)(=O)C2(C)CC2)NC(=O)[C@@H]2C[C@@H](O)CN2C(=O)[C@H]1NC(=O)O. The minimum Gasteiger partial charge on any atom is -0.465 e. The zero-order chi connectivity index (χ0) is 28.8. The topological polar surface area (TPSA) is 191 Å². The lowest BCUT2D eigenvalue weighted by Gasteiger charge is -2.33. The molecule has 0 unspecified atom stereocenters. The van der Waals surface area contributed by atoms with Crippen molar-refractivity contribution in [3.8, 4) is 0 Å². The van der Waals surface area contributed by atoms with Crippen molar-refractivity contribution in [2.45, 2.75) is 106 Å². The van der Waals surface area contributed by atoms with Gasteiger partial charge in [0.2, 0.25) is 21.8 Å². The molecule has 2 aliphatic heterocycles. The molecule has 0 spiro atoms. The van der Waals surface area contributed by atoms with Gasteiger partial charge in [0.25, 0.3) is 5.91 Å². The Balaban J connectivity index is 1.65. The quantitative estimate of drug-likeness (QED) is 0.283. The van der Waals surface area contributed by atoms with Crippen LogP contribution in [-0.2, 0) is 29.1 Å². The predicted molar refractivity (Wildman–Crippen MR) is 138 cm³/mol. The number of hydrogen-bond acceptors (Lipinski definition) is 8. The third kappa shape index (κ3) is 5.92. The zero-order valence-corrected chi connectivity index (χ0v) is 23.2. The fourth-order valence-electron chi connectivity index (χ4n) is 5.37. The molecule has 1 saturated heterocycles. The number of rotatable bonds is 5. The second kappa shape index (κ2) is 10.7. The number of carbonyl (C=O) groups excluding carboxylic acids is 3. The number of aliphatic hydroxyl groups excluding tert-OH is 1. The molecule has 4 amide bonds. The standard InChI is InChI=1S/C25H38N4O9S/c1-4-18-19(26-23(34)35)21(32)29-13-16(30)11-17(29)20(31)27-25(12-15(25)8-6-5-7-14(2)38-18)22(33)28-39(36,37)24(3)9-10-24/h6,8,14-19,26,30H,4-5,7,9-13H2,1-3H3,(H,27,31)(H,28,33)(H,34,35)/b8-6-/t14-,15-,16-,17+,18+,19+,25-/m1/s1. The first-order valence-corrected chi connectivity index (χ1v) is 14.9. The van der Waals surface area contributed by atoms with Crippen LogP contribution in [0.4, 0.5) is 4.79 Å². The molecule has 4 aliphatic rings. The second-order valence-electron chi connectivity index (χ2n) is 11.4. The molecule has 13 nitrogen and oxygen atoms in total. The Morgan fingerprint density at radius 1 is 1.28 bits per heavy atom. The Morgan fingerprint density at radius 3 is 2.59 bits per heavy atom. The molecule has 0 radical (unpaired) electrons. The van der Waals surface area contributed by atoms with Gasteiger partial charge in [-0.1, -0.05) is 19.1 Å². The summed E-state index contributed by atoms with van der Waals surface area (Å²) in [5, 5.41) is 24.7. The Hall–Kier alpha value is -2.71. The van der Waals surface area contributed by atoms with Crippen molar-refractivity contribution in [3.63, 3.8) is 0 Å². The molecule has 0 aromatic heterocycles. The third-order valence-corrected chi connectivity index (χ3v) is 10.5. The van der Waals surface area contributed by atoms with Gasteiger partial charge in [-0.05, 0) is 52.4 Å². The average molecular weight is 571 g/mol. The Kier molecular flexibility index (Phi) is 8.03. The molecular weight excluding hydrogens is 532 g/mol. The fraction of sp³-hybridized carbons (Fsp3) is 0.760. The van der Waals surface area contributed by atoms with Gasteiger partial charge < -0.3 is 30.5 Å². The molecule has 218 valence electrons. The maximum Gasteiger partial charge on any atom is 0.405 e. The van der Waals surface area contributed by atoms with E-state index < -0.39 is 74.3 Å². The van der Waals surface area contributed by atoms with Gasteiger partial charge in [-0.15, -0.1) is 0 Å². The van der Waals surface area contributed by atoms with Crippen molar-refractivity contribution in [1.82, 2.24) is 20.3 Å². The summed E-state index contributed by atoms with van der Waals surface area (Å²) in [5.74, 6) is -2.76. The van der Waals surface area contributed by atoms with Gasteiger partial charge in [-0.25, -0.2) is 13.2 Å². The maximum absolute atomic E-state index is 13.6. The first-order valence-electron chi connectivity index (χ1n) is 13.4. The molecule has 0 bridgehead atoms. The lowest BCUT2D eigenvalue weighted by molar-refractivity contribution is -0.145. The molecule has 39 heavy (non-hydrogen) atoms. The first kappa shape index (κ1) is 29.3. The van der Waals surface area contributed by atoms with Gasteiger partial charge >= 0.3 is 6.09 Å². The van der Waals surface area contributed by atoms with Crippen molar-refractivity contribution < 1.29 is 42.5 Å². The van der Waals surface area contributed by atoms with Crippen LogP contribution < -0.4 is 15.4 Å². The Labute approximate surface area is 227 Å². The van der Waals surface area contributed by atoms with E-state index in [9.17, 15) is 37.8 Å². The van der Waals surface area contributed by atoms with Gasteiger partial charge in [0.15, 0.2) is 0 Å². The molecular formula is C25H38N4O9S. The minimum absolute atomic E-state index is 0.125. The number of carbonyl (C=O) groups is 4. The van der Waals surface area contributed by atoms with Crippen LogP contribution in [0.5, 0.6) is 0 Å². The summed E-state index contributed by atoms with van der Waals surface area (Å²) in [6, 6.07) is -2.52. The summed E-state index contributed by atoms with van der Waals surface area (Å²) in [6.45, 7) is 4.90. The van der Waals surface area contributed by atoms with E-state index in [1.807, 2.05) is 13.0 Å². The molecule has 0 aromatic carbocycles. The van der Waals surface area contributed by atoms with E-state index in [0.29, 0.717) is 32.1 Å². The van der Waals surface area contributed by atoms with Crippen molar-refractivity contribution in [2.24, 2.45) is 5.92 Å². The van der Waals surface area contributed by atoms with Crippen molar-refractivity contribution in [1.29, 1.82) is 0 Å². The first-order chi connectivity index (χ1) is 18.2. The van der Waals surface area contributed by atoms with Crippen LogP contribution in [0.3, 0.4) is 0 Å². The molecule has 2 saturated carbocycles. The van der Waals surface area contributed by atoms with Gasteiger partial charge in [-0.2, -0.15) is 0 Å². The Morgan fingerprint density at radius 2 is 1.97 bits per heavy atom. The number of sulfonamides is 1. The molecule has 2 heterocycles. The number of ether oxygens (including phenoxy) is 1. The molecule has 4 rings (SSSR count). The van der Waals surface area contributed by atoms with Gasteiger partial charge in [0.05, 0.1) is 23.1 Å². The van der Waals surface area contributed by atoms with Crippen LogP contribution in [-0.4, -0.2) is 94.6 Å². The van der Waals surface area contributed by atoms with E-state index >= 15 is 0 Å². The number of aliphatic hydroxyl groups is 1. The smallest absolute Gasteiger partial charge is 0.405 e. The Bertz CT molecular complexity index is 1150. The van der Waals surface area contributed by atoms with E-state index in [1.54, 1.807) is 19.9 Å². The summed E-state index contributed by atoms with van der Waals surface area (Å²) in [4.78, 5) is 53.2. The van der Waals surface area contributed by atoms with Gasteiger partial charge in [-0.3, -0.25) is 19.1 Å². The summed E-state index contributed by atoms with van der Waals surface area (Å²) in [5.41, 5.74) is -1.53. The zero-order valence-electron chi connectivity index (χ0n) is 22.4. The number of amides is 4. The van der Waals surface area contributed by atoms with Gasteiger partial charge in [0, 0.05) is 18.9 Å². The lowest BCUT2D eigenvalue weighted by atomic mass is 10.0. The van der Waals surface area contributed by atoms with Crippen molar-refractivity contribution in [3.05, 3.63) is 12.2 Å². The van der Waals surface area contributed by atoms with Crippen molar-refractivity contribution in [2.75, 3.05) is 6.54 Å². The maximum atomic E-state index is 13.6. The number of nitrogens with zero attached hydrogens (tertiary/aromatic N) is 1. The van der Waals surface area contributed by atoms with Crippen LogP contribution in [0.15, 0.2) is 12.2 Å². The van der Waals surface area contributed by atoms with E-state index in [0.717, 1.165) is 4.90 Å². The van der Waals surface area contributed by atoms with Gasteiger partial charge in [0.1, 0.15) is 17.6 Å². The largest absolute Gasteiger partial charge is 0.465 e. The minimum atomic E-state index is -3.96. The highest BCUT2D eigenvalue weighted by Crippen LogP contribution is 2.47. The molecule has 7 atom stereocenters. The van der Waals surface area contributed by atoms with E-state index in [-0.39, 0.29) is 25.5 Å². The predicted octanol–water partition coefficient (Wildman–Crippen LogP) is -0.00850.